The van der Waals surface area contributed by atoms with E-state index in [1.807, 2.05) is 12.1 Å². The number of fused-ring (bicyclic) bond motifs is 1. The molecule has 222 valence electrons. The van der Waals surface area contributed by atoms with E-state index in [1.54, 1.807) is 12.1 Å². The summed E-state index contributed by atoms with van der Waals surface area (Å²) < 4.78 is 39.8. The Bertz CT molecular complexity index is 1550. The summed E-state index contributed by atoms with van der Waals surface area (Å²) in [6, 6.07) is 11.6. The number of benzene rings is 2. The number of carbonyl (C=O) groups excluding carboxylic acids is 4. The lowest BCUT2D eigenvalue weighted by Crippen LogP contribution is -2.63. The molecule has 1 fully saturated rings. The molecule has 3 aromatic rings. The van der Waals surface area contributed by atoms with E-state index in [-0.39, 0.29) is 22.1 Å². The lowest BCUT2D eigenvalue weighted by Gasteiger charge is -2.43. The second kappa shape index (κ2) is 13.2. The highest BCUT2D eigenvalue weighted by atomic mass is 79.9. The summed E-state index contributed by atoms with van der Waals surface area (Å²) in [6.45, 7) is 4.15. The third-order valence-electron chi connectivity index (χ3n) is 6.10. The van der Waals surface area contributed by atoms with Crippen LogP contribution in [0.2, 0.25) is 0 Å². The molecule has 0 amide bonds. The van der Waals surface area contributed by atoms with E-state index in [0.29, 0.717) is 11.1 Å². The maximum atomic E-state index is 13.2. The first-order valence-corrected chi connectivity index (χ1v) is 13.5. The van der Waals surface area contributed by atoms with Crippen LogP contribution in [0.4, 0.5) is 0 Å². The monoisotopic (exact) mass is 646 g/mol. The van der Waals surface area contributed by atoms with Gasteiger partial charge in [-0.2, -0.15) is 0 Å². The van der Waals surface area contributed by atoms with Crippen molar-refractivity contribution in [2.45, 2.75) is 58.4 Å². The summed E-state index contributed by atoms with van der Waals surface area (Å²) in [6.07, 6.45) is -5.39. The topological polar surface area (TPSA) is 154 Å². The van der Waals surface area contributed by atoms with E-state index in [1.165, 1.54) is 31.4 Å². The number of hydrogen-bond donors (Lipinski definition) is 0. The zero-order valence-corrected chi connectivity index (χ0v) is 24.6. The van der Waals surface area contributed by atoms with E-state index < -0.39 is 61.2 Å². The highest BCUT2D eigenvalue weighted by Crippen LogP contribution is 2.32. The third-order valence-corrected chi connectivity index (χ3v) is 6.63. The van der Waals surface area contributed by atoms with Crippen LogP contribution in [0.1, 0.15) is 27.7 Å². The summed E-state index contributed by atoms with van der Waals surface area (Å²) in [5.41, 5.74) is 0.969. The van der Waals surface area contributed by atoms with Gasteiger partial charge in [0.2, 0.25) is 12.4 Å². The summed E-state index contributed by atoms with van der Waals surface area (Å²) >= 11 is 3.37. The molecule has 0 unspecified atom stereocenters. The summed E-state index contributed by atoms with van der Waals surface area (Å²) in [5.74, 6) is -2.78. The molecule has 12 nitrogen and oxygen atoms in total. The molecule has 1 aliphatic heterocycles. The Hall–Kier alpha value is -4.23. The zero-order valence-electron chi connectivity index (χ0n) is 23.0. The number of hydrogen-bond acceptors (Lipinski definition) is 12. The Labute approximate surface area is 247 Å². The molecule has 2 aromatic carbocycles. The molecule has 1 aromatic heterocycles. The van der Waals surface area contributed by atoms with Gasteiger partial charge in [-0.1, -0.05) is 28.1 Å². The zero-order chi connectivity index (χ0) is 30.6. The highest BCUT2D eigenvalue weighted by Gasteiger charge is 2.53. The molecule has 0 aliphatic carbocycles. The summed E-state index contributed by atoms with van der Waals surface area (Å²) in [4.78, 5) is 60.7. The Morgan fingerprint density at radius 2 is 1.43 bits per heavy atom. The maximum absolute atomic E-state index is 13.2. The maximum Gasteiger partial charge on any atom is 0.303 e. The van der Waals surface area contributed by atoms with E-state index in [2.05, 4.69) is 15.9 Å². The summed E-state index contributed by atoms with van der Waals surface area (Å²) in [5, 5.41) is 0.282. The molecule has 4 rings (SSSR count). The van der Waals surface area contributed by atoms with E-state index >= 15 is 0 Å². The second-order valence-electron chi connectivity index (χ2n) is 9.33. The lowest BCUT2D eigenvalue weighted by atomic mass is 9.98. The molecule has 0 radical (unpaired) electrons. The molecule has 5 atom stereocenters. The van der Waals surface area contributed by atoms with Crippen LogP contribution in [0.3, 0.4) is 0 Å². The van der Waals surface area contributed by atoms with Gasteiger partial charge in [-0.15, -0.1) is 0 Å². The van der Waals surface area contributed by atoms with Crippen molar-refractivity contribution in [1.82, 2.24) is 0 Å². The van der Waals surface area contributed by atoms with Crippen LogP contribution in [-0.4, -0.2) is 61.2 Å². The van der Waals surface area contributed by atoms with Crippen molar-refractivity contribution in [3.8, 4) is 16.9 Å². The van der Waals surface area contributed by atoms with Crippen molar-refractivity contribution >= 4 is 50.8 Å². The molecule has 13 heteroatoms. The quantitative estimate of drug-likeness (QED) is 0.259. The van der Waals surface area contributed by atoms with Gasteiger partial charge in [0.25, 0.3) is 0 Å². The van der Waals surface area contributed by atoms with Crippen molar-refractivity contribution in [1.29, 1.82) is 0 Å². The first kappa shape index (κ1) is 30.7. The number of halogens is 1. The first-order chi connectivity index (χ1) is 19.9. The molecule has 0 N–H and O–H groups in total. The van der Waals surface area contributed by atoms with Gasteiger partial charge in [0, 0.05) is 38.2 Å². The first-order valence-electron chi connectivity index (χ1n) is 12.7. The minimum absolute atomic E-state index is 0.142. The number of esters is 4. The standard InChI is InChI=1S/C29H27BrO12/c1-14(31)36-13-24-26(38-15(2)32)27(39-16(3)33)28(40-17(4)34)29(42-24)41-20-9-10-21-23(11-20)37-12-22(25(21)35)18-5-7-19(30)8-6-18/h5-12,24,26-29H,13H2,1-4H3/t24-,26+,27+,28+,29-/m1/s1. The van der Waals surface area contributed by atoms with Crippen LogP contribution in [0.25, 0.3) is 22.1 Å². The lowest BCUT2D eigenvalue weighted by molar-refractivity contribution is -0.288. The van der Waals surface area contributed by atoms with Crippen LogP contribution in [0, 0.1) is 0 Å². The van der Waals surface area contributed by atoms with Gasteiger partial charge < -0.3 is 32.8 Å². The van der Waals surface area contributed by atoms with Crippen LogP contribution < -0.4 is 10.2 Å². The number of ether oxygens (including phenoxy) is 6. The minimum Gasteiger partial charge on any atom is -0.463 e. The number of carbonyl (C=O) groups is 4. The average Bonchev–Trinajstić information content (AvgIpc) is 2.91. The fourth-order valence-electron chi connectivity index (χ4n) is 4.43. The van der Waals surface area contributed by atoms with Crippen LogP contribution >= 0.6 is 15.9 Å². The van der Waals surface area contributed by atoms with Crippen molar-refractivity contribution < 1.29 is 52.0 Å². The molecule has 1 saturated heterocycles. The highest BCUT2D eigenvalue weighted by molar-refractivity contribution is 9.10. The molecule has 2 heterocycles. The van der Waals surface area contributed by atoms with E-state index in [0.717, 1.165) is 25.2 Å². The van der Waals surface area contributed by atoms with E-state index in [9.17, 15) is 24.0 Å². The van der Waals surface area contributed by atoms with Gasteiger partial charge in [-0.05, 0) is 29.8 Å². The largest absolute Gasteiger partial charge is 0.463 e. The van der Waals surface area contributed by atoms with Gasteiger partial charge in [0.15, 0.2) is 17.6 Å². The predicted octanol–water partition coefficient (Wildman–Crippen LogP) is 3.68. The molecule has 1 aliphatic rings. The van der Waals surface area contributed by atoms with Gasteiger partial charge in [-0.3, -0.25) is 24.0 Å². The Balaban J connectivity index is 1.70. The fraction of sp³-hybridized carbons (Fsp3) is 0.345. The normalized spacial score (nSPS) is 21.7. The van der Waals surface area contributed by atoms with Crippen LogP contribution in [-0.2, 0) is 42.9 Å². The molecular weight excluding hydrogens is 620 g/mol. The number of rotatable bonds is 8. The second-order valence-corrected chi connectivity index (χ2v) is 10.2. The molecule has 0 saturated carbocycles. The minimum atomic E-state index is -1.43. The molecule has 42 heavy (non-hydrogen) atoms. The third kappa shape index (κ3) is 7.34. The predicted molar refractivity (Wildman–Crippen MR) is 148 cm³/mol. The summed E-state index contributed by atoms with van der Waals surface area (Å²) in [7, 11) is 0. The van der Waals surface area contributed by atoms with Gasteiger partial charge in [-0.25, -0.2) is 0 Å². The van der Waals surface area contributed by atoms with Crippen LogP contribution in [0.15, 0.2) is 62.4 Å². The van der Waals surface area contributed by atoms with Gasteiger partial charge in [0.05, 0.1) is 10.9 Å². The molecular formula is C29H27BrO12. The van der Waals surface area contributed by atoms with Crippen molar-refractivity contribution in [2.24, 2.45) is 0 Å². The molecule has 0 bridgehead atoms. The van der Waals surface area contributed by atoms with E-state index in [4.69, 9.17) is 32.8 Å². The van der Waals surface area contributed by atoms with Crippen molar-refractivity contribution in [3.05, 3.63) is 63.4 Å². The fourth-order valence-corrected chi connectivity index (χ4v) is 4.69. The molecule has 0 spiro atoms. The Morgan fingerprint density at radius 1 is 0.810 bits per heavy atom. The van der Waals surface area contributed by atoms with Crippen LogP contribution in [0.5, 0.6) is 5.75 Å². The van der Waals surface area contributed by atoms with Crippen molar-refractivity contribution in [2.75, 3.05) is 6.61 Å². The van der Waals surface area contributed by atoms with Crippen molar-refractivity contribution in [3.63, 3.8) is 0 Å². The van der Waals surface area contributed by atoms with Gasteiger partial charge in [0.1, 0.15) is 30.3 Å². The van der Waals surface area contributed by atoms with Gasteiger partial charge >= 0.3 is 23.9 Å². The Kier molecular flexibility index (Phi) is 9.63. The Morgan fingerprint density at radius 3 is 2.05 bits per heavy atom. The average molecular weight is 647 g/mol. The SMILES string of the molecule is CC(=O)OC[C@H]1O[C@@H](Oc2ccc3c(=O)c(-c4ccc(Br)cc4)coc3c2)[C@@H](OC(C)=O)[C@@H](OC(C)=O)[C@H]1OC(C)=O. The smallest absolute Gasteiger partial charge is 0.303 e.